The Balaban J connectivity index is 1.97. The predicted molar refractivity (Wildman–Crippen MR) is 100 cm³/mol. The van der Waals surface area contributed by atoms with Gasteiger partial charge in [-0.2, -0.15) is 11.8 Å². The molecule has 25 heavy (non-hydrogen) atoms. The molecule has 0 radical (unpaired) electrons. The Hall–Kier alpha value is -2.06. The third kappa shape index (κ3) is 5.75. The van der Waals surface area contributed by atoms with Gasteiger partial charge in [0.2, 0.25) is 5.91 Å². The summed E-state index contributed by atoms with van der Waals surface area (Å²) in [4.78, 5) is 27.7. The van der Waals surface area contributed by atoms with E-state index in [1.54, 1.807) is 18.9 Å². The van der Waals surface area contributed by atoms with Gasteiger partial charge in [-0.1, -0.05) is 0 Å². The van der Waals surface area contributed by atoms with Crippen LogP contribution in [0.5, 0.6) is 5.75 Å². The van der Waals surface area contributed by atoms with Gasteiger partial charge >= 0.3 is 5.97 Å². The van der Waals surface area contributed by atoms with Gasteiger partial charge in [-0.3, -0.25) is 4.79 Å². The molecule has 134 valence electrons. The van der Waals surface area contributed by atoms with Crippen molar-refractivity contribution in [2.75, 3.05) is 19.1 Å². The molecular formula is C17H20N2O4S2. The van der Waals surface area contributed by atoms with E-state index in [1.165, 1.54) is 11.3 Å². The number of nitrogens with zero attached hydrogens (tertiary/aromatic N) is 1. The molecule has 8 heteroatoms. The van der Waals surface area contributed by atoms with Gasteiger partial charge in [0.15, 0.2) is 0 Å². The molecule has 2 aromatic rings. The van der Waals surface area contributed by atoms with Gasteiger partial charge in [0.1, 0.15) is 16.8 Å². The number of carboxylic acids is 1. The van der Waals surface area contributed by atoms with E-state index in [0.717, 1.165) is 16.3 Å². The smallest absolute Gasteiger partial charge is 0.326 e. The average molecular weight is 380 g/mol. The van der Waals surface area contributed by atoms with Crippen LogP contribution in [0.3, 0.4) is 0 Å². The predicted octanol–water partition coefficient (Wildman–Crippen LogP) is 2.68. The Kier molecular flexibility index (Phi) is 7.27. The molecule has 0 saturated heterocycles. The first kappa shape index (κ1) is 19.3. The summed E-state index contributed by atoms with van der Waals surface area (Å²) in [6.45, 7) is 0. The number of carbonyl (C=O) groups is 2. The summed E-state index contributed by atoms with van der Waals surface area (Å²) in [6, 6.07) is 6.66. The molecule has 1 heterocycles. The highest BCUT2D eigenvalue weighted by molar-refractivity contribution is 7.98. The number of thioether (sulfide) groups is 1. The Morgan fingerprint density at radius 2 is 2.08 bits per heavy atom. The number of hydrogen-bond acceptors (Lipinski definition) is 6. The van der Waals surface area contributed by atoms with Crippen LogP contribution in [0.15, 0.2) is 29.6 Å². The monoisotopic (exact) mass is 380 g/mol. The number of nitrogens with one attached hydrogen (secondary N) is 1. The van der Waals surface area contributed by atoms with Crippen LogP contribution < -0.4 is 10.1 Å². The molecule has 0 aliphatic carbocycles. The summed E-state index contributed by atoms with van der Waals surface area (Å²) in [5, 5.41) is 14.3. The number of carbonyl (C=O) groups excluding carboxylic acids is 1. The van der Waals surface area contributed by atoms with Crippen molar-refractivity contribution in [2.24, 2.45) is 0 Å². The number of hydrogen-bond donors (Lipinski definition) is 2. The second kappa shape index (κ2) is 9.43. The first-order valence-corrected chi connectivity index (χ1v) is 9.90. The van der Waals surface area contributed by atoms with Gasteiger partial charge in [-0.25, -0.2) is 9.78 Å². The number of aliphatic carboxylic acids is 1. The van der Waals surface area contributed by atoms with E-state index in [4.69, 9.17) is 9.84 Å². The summed E-state index contributed by atoms with van der Waals surface area (Å²) in [5.41, 5.74) is 1.57. The lowest BCUT2D eigenvalue weighted by Crippen LogP contribution is -2.41. The number of amides is 1. The maximum absolute atomic E-state index is 12.1. The Bertz CT molecular complexity index is 716. The highest BCUT2D eigenvalue weighted by Crippen LogP contribution is 2.25. The zero-order valence-corrected chi connectivity index (χ0v) is 15.7. The Morgan fingerprint density at radius 1 is 1.36 bits per heavy atom. The van der Waals surface area contributed by atoms with Crippen LogP contribution in [0.25, 0.3) is 10.6 Å². The molecule has 0 aliphatic heterocycles. The van der Waals surface area contributed by atoms with E-state index in [-0.39, 0.29) is 12.3 Å². The molecule has 0 unspecified atom stereocenters. The van der Waals surface area contributed by atoms with Crippen molar-refractivity contribution in [1.29, 1.82) is 0 Å². The fourth-order valence-corrected chi connectivity index (χ4v) is 3.45. The van der Waals surface area contributed by atoms with Gasteiger partial charge in [0, 0.05) is 10.9 Å². The lowest BCUT2D eigenvalue weighted by Gasteiger charge is -2.13. The molecule has 1 aromatic heterocycles. The molecule has 1 amide bonds. The van der Waals surface area contributed by atoms with Crippen molar-refractivity contribution < 1.29 is 19.4 Å². The molecule has 0 saturated carbocycles. The fourth-order valence-electron chi connectivity index (χ4n) is 2.16. The van der Waals surface area contributed by atoms with Crippen LogP contribution in [0.2, 0.25) is 0 Å². The Morgan fingerprint density at radius 3 is 2.68 bits per heavy atom. The molecule has 0 bridgehead atoms. The lowest BCUT2D eigenvalue weighted by molar-refractivity contribution is -0.141. The molecule has 2 N–H and O–H groups in total. The number of carboxylic acid groups (broad SMARTS) is 1. The molecule has 1 atom stereocenters. The van der Waals surface area contributed by atoms with E-state index in [0.29, 0.717) is 17.9 Å². The summed E-state index contributed by atoms with van der Waals surface area (Å²) in [6.07, 6.45) is 2.36. The van der Waals surface area contributed by atoms with Crippen molar-refractivity contribution in [1.82, 2.24) is 10.3 Å². The SMILES string of the molecule is COc1ccc(-c2nc(CC(=O)N[C@H](CCSC)C(=O)O)cs2)cc1. The highest BCUT2D eigenvalue weighted by atomic mass is 32.2. The van der Waals surface area contributed by atoms with Crippen molar-refractivity contribution in [2.45, 2.75) is 18.9 Å². The summed E-state index contributed by atoms with van der Waals surface area (Å²) in [7, 11) is 1.61. The molecule has 2 rings (SSSR count). The van der Waals surface area contributed by atoms with E-state index >= 15 is 0 Å². The molecule has 0 spiro atoms. The minimum absolute atomic E-state index is 0.0652. The quantitative estimate of drug-likeness (QED) is 0.695. The van der Waals surface area contributed by atoms with Gasteiger partial charge < -0.3 is 15.2 Å². The highest BCUT2D eigenvalue weighted by Gasteiger charge is 2.20. The van der Waals surface area contributed by atoms with Crippen LogP contribution in [0.4, 0.5) is 0 Å². The second-order valence-electron chi connectivity index (χ2n) is 5.29. The van der Waals surface area contributed by atoms with Crippen LogP contribution in [0, 0.1) is 0 Å². The third-order valence-electron chi connectivity index (χ3n) is 3.47. The summed E-state index contributed by atoms with van der Waals surface area (Å²) in [5.74, 6) is 0.0970. The fraction of sp³-hybridized carbons (Fsp3) is 0.353. The van der Waals surface area contributed by atoms with Gasteiger partial charge in [-0.05, 0) is 42.7 Å². The average Bonchev–Trinajstić information content (AvgIpc) is 3.06. The van der Waals surface area contributed by atoms with Crippen LogP contribution in [0.1, 0.15) is 12.1 Å². The van der Waals surface area contributed by atoms with Gasteiger partial charge in [-0.15, -0.1) is 11.3 Å². The number of aromatic nitrogens is 1. The van der Waals surface area contributed by atoms with E-state index < -0.39 is 12.0 Å². The maximum Gasteiger partial charge on any atom is 0.326 e. The van der Waals surface area contributed by atoms with E-state index in [2.05, 4.69) is 10.3 Å². The van der Waals surface area contributed by atoms with Crippen LogP contribution in [-0.2, 0) is 16.0 Å². The lowest BCUT2D eigenvalue weighted by atomic mass is 10.2. The van der Waals surface area contributed by atoms with Gasteiger partial charge in [0.25, 0.3) is 0 Å². The molecule has 6 nitrogen and oxygen atoms in total. The number of rotatable bonds is 9. The molecule has 0 aliphatic rings. The molecular weight excluding hydrogens is 360 g/mol. The molecule has 0 fully saturated rings. The van der Waals surface area contributed by atoms with Crippen molar-refractivity contribution in [3.8, 4) is 16.3 Å². The van der Waals surface area contributed by atoms with Crippen LogP contribution in [-0.4, -0.2) is 47.1 Å². The standard InChI is InChI=1S/C17H20N2O4S2/c1-23-13-5-3-11(4-6-13)16-18-12(10-25-16)9-15(20)19-14(17(21)22)7-8-24-2/h3-6,10,14H,7-9H2,1-2H3,(H,19,20)(H,21,22)/t14-/m1/s1. The zero-order valence-electron chi connectivity index (χ0n) is 14.0. The minimum atomic E-state index is -1.01. The topological polar surface area (TPSA) is 88.5 Å². The van der Waals surface area contributed by atoms with Crippen molar-refractivity contribution >= 4 is 35.0 Å². The summed E-state index contributed by atoms with van der Waals surface area (Å²) < 4.78 is 5.13. The minimum Gasteiger partial charge on any atom is -0.497 e. The first-order chi connectivity index (χ1) is 12.0. The van der Waals surface area contributed by atoms with Crippen molar-refractivity contribution in [3.63, 3.8) is 0 Å². The third-order valence-corrected chi connectivity index (χ3v) is 5.06. The number of ether oxygens (including phenoxy) is 1. The zero-order chi connectivity index (χ0) is 18.2. The summed E-state index contributed by atoms with van der Waals surface area (Å²) >= 11 is 2.99. The largest absolute Gasteiger partial charge is 0.497 e. The Labute approximate surface area is 154 Å². The number of thiazole rings is 1. The van der Waals surface area contributed by atoms with E-state index in [1.807, 2.05) is 35.9 Å². The van der Waals surface area contributed by atoms with Gasteiger partial charge in [0.05, 0.1) is 19.2 Å². The van der Waals surface area contributed by atoms with Crippen LogP contribution >= 0.6 is 23.1 Å². The normalized spacial score (nSPS) is 11.8. The van der Waals surface area contributed by atoms with Crippen molar-refractivity contribution in [3.05, 3.63) is 35.3 Å². The van der Waals surface area contributed by atoms with E-state index in [9.17, 15) is 9.59 Å². The maximum atomic E-state index is 12.1. The molecule has 1 aromatic carbocycles. The second-order valence-corrected chi connectivity index (χ2v) is 7.13. The number of benzene rings is 1. The first-order valence-electron chi connectivity index (χ1n) is 7.63. The number of methoxy groups -OCH3 is 1.